The number of carbonyl (C=O) groups is 2. The maximum Gasteiger partial charge on any atom is 0.246 e. The van der Waals surface area contributed by atoms with Crippen molar-refractivity contribution in [3.63, 3.8) is 0 Å². The smallest absolute Gasteiger partial charge is 0.246 e. The van der Waals surface area contributed by atoms with Crippen LogP contribution in [0.5, 0.6) is 0 Å². The Labute approximate surface area is 115 Å². The van der Waals surface area contributed by atoms with Crippen molar-refractivity contribution < 1.29 is 9.59 Å². The number of carbonyl (C=O) groups excluding carboxylic acids is 2. The molecule has 2 amide bonds. The van der Waals surface area contributed by atoms with Crippen LogP contribution in [0.3, 0.4) is 0 Å². The average Bonchev–Trinajstić information content (AvgIpc) is 2.23. The number of hydrogen-bond donors (Lipinski definition) is 1. The van der Waals surface area contributed by atoms with E-state index in [0.29, 0.717) is 11.8 Å². The molecule has 1 heterocycles. The maximum atomic E-state index is 12.6. The molecule has 4 heteroatoms. The molecule has 2 fully saturated rings. The lowest BCUT2D eigenvalue weighted by molar-refractivity contribution is -0.153. The van der Waals surface area contributed by atoms with Gasteiger partial charge in [0.25, 0.3) is 0 Å². The molecule has 2 aliphatic rings. The van der Waals surface area contributed by atoms with Gasteiger partial charge in [0.15, 0.2) is 0 Å². The van der Waals surface area contributed by atoms with E-state index >= 15 is 0 Å². The first-order valence-electron chi connectivity index (χ1n) is 7.54. The molecule has 1 aliphatic carbocycles. The zero-order valence-electron chi connectivity index (χ0n) is 12.5. The van der Waals surface area contributed by atoms with Crippen molar-refractivity contribution in [1.82, 2.24) is 10.2 Å². The first-order valence-corrected chi connectivity index (χ1v) is 7.54. The molecule has 4 nitrogen and oxygen atoms in total. The molecule has 2 rings (SSSR count). The van der Waals surface area contributed by atoms with E-state index in [1.165, 1.54) is 19.3 Å². The highest BCUT2D eigenvalue weighted by molar-refractivity contribution is 5.96. The Kier molecular flexibility index (Phi) is 4.16. The summed E-state index contributed by atoms with van der Waals surface area (Å²) >= 11 is 0. The highest BCUT2D eigenvalue weighted by Crippen LogP contribution is 2.34. The second-order valence-electron chi connectivity index (χ2n) is 6.54. The van der Waals surface area contributed by atoms with E-state index in [4.69, 9.17) is 0 Å². The molecule has 0 aromatic heterocycles. The molecule has 1 saturated carbocycles. The van der Waals surface area contributed by atoms with E-state index in [1.54, 1.807) is 0 Å². The van der Waals surface area contributed by atoms with E-state index in [0.717, 1.165) is 6.42 Å². The summed E-state index contributed by atoms with van der Waals surface area (Å²) in [5, 5.41) is 2.88. The van der Waals surface area contributed by atoms with Crippen LogP contribution >= 0.6 is 0 Å². The van der Waals surface area contributed by atoms with Gasteiger partial charge in [-0.15, -0.1) is 0 Å². The van der Waals surface area contributed by atoms with E-state index in [-0.39, 0.29) is 29.9 Å². The van der Waals surface area contributed by atoms with Crippen molar-refractivity contribution in [2.45, 2.75) is 71.5 Å². The van der Waals surface area contributed by atoms with Gasteiger partial charge >= 0.3 is 0 Å². The molecule has 1 N–H and O–H groups in total. The largest absolute Gasteiger partial charge is 0.343 e. The third-order valence-corrected chi connectivity index (χ3v) is 4.64. The highest BCUT2D eigenvalue weighted by Gasteiger charge is 2.43. The standard InChI is InChI=1S/C15H26N2O2/c1-9(2)8-13-15(19)17(11(4)14(18)16-13)10(3)12-6-5-7-12/h9-13H,5-8H2,1-4H3,(H,16,18). The number of hydrogen-bond acceptors (Lipinski definition) is 2. The van der Waals surface area contributed by atoms with Gasteiger partial charge in [0.05, 0.1) is 0 Å². The third kappa shape index (κ3) is 2.77. The second kappa shape index (κ2) is 5.51. The summed E-state index contributed by atoms with van der Waals surface area (Å²) < 4.78 is 0. The lowest BCUT2D eigenvalue weighted by Gasteiger charge is -2.46. The van der Waals surface area contributed by atoms with Crippen LogP contribution in [0.1, 0.15) is 53.4 Å². The van der Waals surface area contributed by atoms with Gasteiger partial charge in [-0.2, -0.15) is 0 Å². The van der Waals surface area contributed by atoms with E-state index < -0.39 is 0 Å². The molecule has 0 bridgehead atoms. The second-order valence-corrected chi connectivity index (χ2v) is 6.54. The summed E-state index contributed by atoms with van der Waals surface area (Å²) in [5.41, 5.74) is 0. The quantitative estimate of drug-likeness (QED) is 0.845. The molecule has 1 aliphatic heterocycles. The van der Waals surface area contributed by atoms with Crippen LogP contribution in [0, 0.1) is 11.8 Å². The van der Waals surface area contributed by atoms with Crippen LogP contribution in [-0.2, 0) is 9.59 Å². The fourth-order valence-electron chi connectivity index (χ4n) is 3.19. The third-order valence-electron chi connectivity index (χ3n) is 4.64. The van der Waals surface area contributed by atoms with Gasteiger partial charge < -0.3 is 10.2 Å². The van der Waals surface area contributed by atoms with Crippen molar-refractivity contribution in [2.24, 2.45) is 11.8 Å². The van der Waals surface area contributed by atoms with Crippen LogP contribution in [-0.4, -0.2) is 34.8 Å². The van der Waals surface area contributed by atoms with Crippen molar-refractivity contribution in [3.8, 4) is 0 Å². The number of piperazine rings is 1. The van der Waals surface area contributed by atoms with E-state index in [2.05, 4.69) is 26.1 Å². The molecular weight excluding hydrogens is 240 g/mol. The molecule has 0 aromatic rings. The van der Waals surface area contributed by atoms with Crippen LogP contribution < -0.4 is 5.32 Å². The van der Waals surface area contributed by atoms with Crippen LogP contribution in [0.4, 0.5) is 0 Å². The average molecular weight is 266 g/mol. The maximum absolute atomic E-state index is 12.6. The van der Waals surface area contributed by atoms with Gasteiger partial charge in [0.2, 0.25) is 11.8 Å². The molecule has 108 valence electrons. The summed E-state index contributed by atoms with van der Waals surface area (Å²) in [7, 11) is 0. The van der Waals surface area contributed by atoms with Gasteiger partial charge in [0, 0.05) is 6.04 Å². The van der Waals surface area contributed by atoms with Gasteiger partial charge in [-0.1, -0.05) is 20.3 Å². The predicted octanol–water partition coefficient (Wildman–Crippen LogP) is 1.94. The Bertz CT molecular complexity index is 363. The van der Waals surface area contributed by atoms with Crippen LogP contribution in [0.25, 0.3) is 0 Å². The number of nitrogens with one attached hydrogen (secondary N) is 1. The van der Waals surface area contributed by atoms with Gasteiger partial charge in [-0.05, 0) is 44.9 Å². The number of rotatable bonds is 4. The topological polar surface area (TPSA) is 49.4 Å². The predicted molar refractivity (Wildman–Crippen MR) is 74.5 cm³/mol. The van der Waals surface area contributed by atoms with Crippen LogP contribution in [0.2, 0.25) is 0 Å². The summed E-state index contributed by atoms with van der Waals surface area (Å²) in [6.45, 7) is 8.10. The van der Waals surface area contributed by atoms with E-state index in [9.17, 15) is 9.59 Å². The summed E-state index contributed by atoms with van der Waals surface area (Å²) in [6, 6.07) is -0.463. The van der Waals surface area contributed by atoms with Gasteiger partial charge in [0.1, 0.15) is 12.1 Å². The fourth-order valence-corrected chi connectivity index (χ4v) is 3.19. The van der Waals surface area contributed by atoms with Crippen molar-refractivity contribution in [2.75, 3.05) is 0 Å². The van der Waals surface area contributed by atoms with Gasteiger partial charge in [-0.3, -0.25) is 9.59 Å². The molecule has 1 saturated heterocycles. The Morgan fingerprint density at radius 1 is 1.26 bits per heavy atom. The summed E-state index contributed by atoms with van der Waals surface area (Å²) in [6.07, 6.45) is 4.36. The lowest BCUT2D eigenvalue weighted by Crippen LogP contribution is -2.65. The normalized spacial score (nSPS) is 30.3. The fraction of sp³-hybridized carbons (Fsp3) is 0.867. The van der Waals surface area contributed by atoms with E-state index in [1.807, 2.05) is 11.8 Å². The highest BCUT2D eigenvalue weighted by atomic mass is 16.2. The first kappa shape index (κ1) is 14.4. The monoisotopic (exact) mass is 266 g/mol. The first-order chi connectivity index (χ1) is 8.91. The molecule has 0 aromatic carbocycles. The zero-order chi connectivity index (χ0) is 14.2. The van der Waals surface area contributed by atoms with Crippen molar-refractivity contribution >= 4 is 11.8 Å². The minimum atomic E-state index is -0.328. The Hall–Kier alpha value is -1.06. The Morgan fingerprint density at radius 2 is 1.89 bits per heavy atom. The molecular formula is C15H26N2O2. The summed E-state index contributed by atoms with van der Waals surface area (Å²) in [4.78, 5) is 26.5. The minimum Gasteiger partial charge on any atom is -0.343 e. The molecule has 3 unspecified atom stereocenters. The molecule has 0 spiro atoms. The Morgan fingerprint density at radius 3 is 2.37 bits per heavy atom. The Balaban J connectivity index is 2.13. The summed E-state index contributed by atoms with van der Waals surface area (Å²) in [5.74, 6) is 1.09. The number of nitrogens with zero attached hydrogens (tertiary/aromatic N) is 1. The van der Waals surface area contributed by atoms with Gasteiger partial charge in [-0.25, -0.2) is 0 Å². The zero-order valence-corrected chi connectivity index (χ0v) is 12.5. The van der Waals surface area contributed by atoms with Crippen LogP contribution in [0.15, 0.2) is 0 Å². The van der Waals surface area contributed by atoms with Crippen molar-refractivity contribution in [1.29, 1.82) is 0 Å². The van der Waals surface area contributed by atoms with Crippen molar-refractivity contribution in [3.05, 3.63) is 0 Å². The SMILES string of the molecule is CC(C)CC1NC(=O)C(C)N(C(C)C2CCC2)C1=O. The molecule has 0 radical (unpaired) electrons. The molecule has 19 heavy (non-hydrogen) atoms. The molecule has 3 atom stereocenters. The number of amides is 2. The minimum absolute atomic E-state index is 0.00331. The lowest BCUT2D eigenvalue weighted by atomic mass is 9.79.